The summed E-state index contributed by atoms with van der Waals surface area (Å²) in [6.45, 7) is 0. The first-order valence-corrected chi connectivity index (χ1v) is 12.1. The molecule has 0 saturated heterocycles. The van der Waals surface area contributed by atoms with Crippen LogP contribution in [0, 0.1) is 0 Å². The highest BCUT2D eigenvalue weighted by molar-refractivity contribution is 7.12. The zero-order valence-corrected chi connectivity index (χ0v) is 18.8. The summed E-state index contributed by atoms with van der Waals surface area (Å²) in [7, 11) is 0. The number of halogens is 6. The lowest BCUT2D eigenvalue weighted by atomic mass is 9.70. The van der Waals surface area contributed by atoms with Crippen molar-refractivity contribution in [3.05, 3.63) is 116 Å². The summed E-state index contributed by atoms with van der Waals surface area (Å²) >= 11 is 2.20. The van der Waals surface area contributed by atoms with E-state index in [1.54, 1.807) is 60.7 Å². The average molecular weight is 505 g/mol. The number of alkyl halides is 6. The summed E-state index contributed by atoms with van der Waals surface area (Å²) < 4.78 is 90.3. The molecule has 8 heteroatoms. The van der Waals surface area contributed by atoms with Crippen LogP contribution < -0.4 is 0 Å². The highest BCUT2D eigenvalue weighted by Gasteiger charge is 2.81. The van der Waals surface area contributed by atoms with Gasteiger partial charge in [-0.2, -0.15) is 26.3 Å². The van der Waals surface area contributed by atoms with E-state index < -0.39 is 34.3 Å². The van der Waals surface area contributed by atoms with E-state index >= 15 is 17.6 Å². The van der Waals surface area contributed by atoms with Gasteiger partial charge in [-0.15, -0.1) is 22.7 Å². The Morgan fingerprint density at radius 2 is 0.882 bits per heavy atom. The van der Waals surface area contributed by atoms with Crippen molar-refractivity contribution in [3.63, 3.8) is 0 Å². The van der Waals surface area contributed by atoms with Gasteiger partial charge >= 0.3 is 17.8 Å². The van der Waals surface area contributed by atoms with Crippen LogP contribution in [0.4, 0.5) is 26.3 Å². The van der Waals surface area contributed by atoms with E-state index in [1.807, 2.05) is 0 Å². The molecule has 0 unspecified atom stereocenters. The molecule has 2 aliphatic rings. The normalized spacial score (nSPS) is 20.9. The van der Waals surface area contributed by atoms with E-state index in [0.717, 1.165) is 22.7 Å². The maximum atomic E-state index is 15.3. The summed E-state index contributed by atoms with van der Waals surface area (Å²) in [6.07, 6.45) is 0. The van der Waals surface area contributed by atoms with Gasteiger partial charge in [0.05, 0.1) is 5.41 Å². The lowest BCUT2D eigenvalue weighted by Crippen LogP contribution is -2.49. The molecule has 0 N–H and O–H groups in total. The van der Waals surface area contributed by atoms with Crippen molar-refractivity contribution in [2.45, 2.75) is 23.2 Å². The topological polar surface area (TPSA) is 0 Å². The molecule has 0 nitrogen and oxygen atoms in total. The fraction of sp³-hybridized carbons (Fsp3) is 0.154. The zero-order chi connectivity index (χ0) is 23.9. The molecular weight excluding hydrogens is 490 g/mol. The Labute approximate surface area is 198 Å². The Kier molecular flexibility index (Phi) is 4.37. The zero-order valence-electron chi connectivity index (χ0n) is 17.2. The molecule has 0 spiro atoms. The molecule has 0 fully saturated rings. The monoisotopic (exact) mass is 504 g/mol. The smallest absolute Gasteiger partial charge is 0.194 e. The fourth-order valence-corrected chi connectivity index (χ4v) is 7.56. The lowest BCUT2D eigenvalue weighted by Gasteiger charge is -2.36. The van der Waals surface area contributed by atoms with Gasteiger partial charge in [0.2, 0.25) is 0 Å². The lowest BCUT2D eigenvalue weighted by molar-refractivity contribution is -0.254. The molecule has 0 bridgehead atoms. The van der Waals surface area contributed by atoms with E-state index in [0.29, 0.717) is 20.9 Å². The van der Waals surface area contributed by atoms with Crippen LogP contribution in [-0.4, -0.2) is 17.8 Å². The molecule has 0 atom stereocenters. The predicted octanol–water partition coefficient (Wildman–Crippen LogP) is 8.34. The van der Waals surface area contributed by atoms with Gasteiger partial charge < -0.3 is 0 Å². The van der Waals surface area contributed by atoms with Crippen molar-refractivity contribution in [3.8, 4) is 0 Å². The van der Waals surface area contributed by atoms with Crippen LogP contribution in [0.1, 0.15) is 32.0 Å². The van der Waals surface area contributed by atoms with Gasteiger partial charge in [-0.25, -0.2) is 0 Å². The number of thiophene rings is 2. The molecule has 2 heterocycles. The Morgan fingerprint density at radius 1 is 0.500 bits per heavy atom. The Morgan fingerprint density at radius 3 is 1.26 bits per heavy atom. The average Bonchev–Trinajstić information content (AvgIpc) is 3.50. The molecule has 2 aromatic heterocycles. The summed E-state index contributed by atoms with van der Waals surface area (Å²) in [5, 5.41) is 3.00. The molecule has 0 saturated carbocycles. The van der Waals surface area contributed by atoms with Gasteiger partial charge in [-0.1, -0.05) is 60.7 Å². The van der Waals surface area contributed by atoms with Gasteiger partial charge in [-0.05, 0) is 45.1 Å². The van der Waals surface area contributed by atoms with Crippen molar-refractivity contribution in [2.75, 3.05) is 0 Å². The van der Waals surface area contributed by atoms with Crippen LogP contribution in [0.15, 0.2) is 83.6 Å². The molecule has 4 aromatic rings. The summed E-state index contributed by atoms with van der Waals surface area (Å²) in [4.78, 5) is 0.624. The minimum Gasteiger partial charge on any atom is -0.194 e. The van der Waals surface area contributed by atoms with Crippen molar-refractivity contribution in [1.82, 2.24) is 0 Å². The third-order valence-electron chi connectivity index (χ3n) is 6.63. The second kappa shape index (κ2) is 6.86. The van der Waals surface area contributed by atoms with Gasteiger partial charge in [-0.3, -0.25) is 0 Å². The van der Waals surface area contributed by atoms with E-state index in [4.69, 9.17) is 0 Å². The minimum absolute atomic E-state index is 0.266. The van der Waals surface area contributed by atoms with E-state index in [-0.39, 0.29) is 11.1 Å². The first kappa shape index (κ1) is 21.7. The number of hydrogen-bond acceptors (Lipinski definition) is 2. The molecule has 2 aliphatic carbocycles. The Bertz CT molecular complexity index is 1320. The molecule has 2 aromatic carbocycles. The molecule has 172 valence electrons. The van der Waals surface area contributed by atoms with Crippen LogP contribution in [0.25, 0.3) is 11.1 Å². The molecule has 6 rings (SSSR count). The number of rotatable bonds is 2. The molecule has 0 aliphatic heterocycles. The Balaban J connectivity index is 1.84. The van der Waals surface area contributed by atoms with Crippen molar-refractivity contribution >= 4 is 33.8 Å². The third-order valence-corrected chi connectivity index (χ3v) is 8.70. The second-order valence-electron chi connectivity index (χ2n) is 8.28. The van der Waals surface area contributed by atoms with E-state index in [1.165, 1.54) is 22.9 Å². The molecule has 0 amide bonds. The van der Waals surface area contributed by atoms with Crippen molar-refractivity contribution in [2.24, 2.45) is 0 Å². The van der Waals surface area contributed by atoms with Gasteiger partial charge in [0.15, 0.2) is 0 Å². The third kappa shape index (κ3) is 2.35. The highest BCUT2D eigenvalue weighted by atomic mass is 32.1. The number of benzene rings is 2. The first-order chi connectivity index (χ1) is 16.2. The van der Waals surface area contributed by atoms with Crippen LogP contribution in [0.5, 0.6) is 0 Å². The van der Waals surface area contributed by atoms with E-state index in [9.17, 15) is 8.78 Å². The minimum atomic E-state index is -5.55. The Hall–Kier alpha value is -2.84. The van der Waals surface area contributed by atoms with Gasteiger partial charge in [0.25, 0.3) is 0 Å². The largest absolute Gasteiger partial charge is 0.380 e. The van der Waals surface area contributed by atoms with Crippen LogP contribution in [0.3, 0.4) is 0 Å². The molecule has 34 heavy (non-hydrogen) atoms. The second-order valence-corrected chi connectivity index (χ2v) is 10.1. The molecular formula is C26H14F6S2. The highest BCUT2D eigenvalue weighted by Crippen LogP contribution is 2.69. The quantitative estimate of drug-likeness (QED) is 0.241. The van der Waals surface area contributed by atoms with Crippen LogP contribution in [-0.2, 0) is 5.41 Å². The van der Waals surface area contributed by atoms with Crippen molar-refractivity contribution in [1.29, 1.82) is 0 Å². The number of allylic oxidation sites excluding steroid dienone is 2. The maximum absolute atomic E-state index is 15.3. The van der Waals surface area contributed by atoms with E-state index in [2.05, 4.69) is 0 Å². The summed E-state index contributed by atoms with van der Waals surface area (Å²) in [5.41, 5.74) is -2.99. The first-order valence-electron chi connectivity index (χ1n) is 10.3. The summed E-state index contributed by atoms with van der Waals surface area (Å²) in [6, 6.07) is 20.5. The number of hydrogen-bond donors (Lipinski definition) is 0. The predicted molar refractivity (Wildman–Crippen MR) is 122 cm³/mol. The van der Waals surface area contributed by atoms with Gasteiger partial charge in [0.1, 0.15) is 0 Å². The number of fused-ring (bicyclic) bond motifs is 4. The fourth-order valence-electron chi connectivity index (χ4n) is 5.20. The van der Waals surface area contributed by atoms with Crippen LogP contribution >= 0.6 is 22.7 Å². The maximum Gasteiger partial charge on any atom is 0.380 e. The van der Waals surface area contributed by atoms with Crippen molar-refractivity contribution < 1.29 is 26.3 Å². The van der Waals surface area contributed by atoms with Crippen LogP contribution in [0.2, 0.25) is 0 Å². The SMILES string of the molecule is FC1(F)C2=C(c3ccsc3C(c3ccccc3)(c3ccccc3)c3sccc32)C(F)(F)C1(F)F. The standard InChI is InChI=1S/C26H14F6S2/c27-24(28)19-17-11-13-33-21(17)23(15-7-3-1-4-8-15,16-9-5-2-6-10-16)22-18(12-14-34-22)20(19)25(29,30)26(24,31)32/h1-14H. The molecule has 0 radical (unpaired) electrons. The summed E-state index contributed by atoms with van der Waals surface area (Å²) in [5.74, 6) is -15.7. The van der Waals surface area contributed by atoms with Gasteiger partial charge in [0, 0.05) is 20.9 Å².